The van der Waals surface area contributed by atoms with E-state index in [9.17, 15) is 8.78 Å². The van der Waals surface area contributed by atoms with Gasteiger partial charge in [0, 0.05) is 31.1 Å². The largest absolute Gasteiger partial charge is 0.302 e. The predicted octanol–water partition coefficient (Wildman–Crippen LogP) is 8.07. The number of aryl methyl sites for hydroxylation is 2. The van der Waals surface area contributed by atoms with Crippen LogP contribution in [0.2, 0.25) is 5.02 Å². The zero-order valence-electron chi connectivity index (χ0n) is 20.2. The van der Waals surface area contributed by atoms with Gasteiger partial charge in [-0.25, -0.2) is 8.78 Å². The van der Waals surface area contributed by atoms with Crippen LogP contribution in [0.1, 0.15) is 52.6 Å². The lowest BCUT2D eigenvalue weighted by molar-refractivity contribution is 0.0626. The van der Waals surface area contributed by atoms with Crippen molar-refractivity contribution in [1.82, 2.24) is 4.90 Å². The van der Waals surface area contributed by atoms with Gasteiger partial charge < -0.3 is 4.90 Å². The number of hydrogen-bond acceptors (Lipinski definition) is 1. The molecule has 1 fully saturated rings. The molecule has 1 nitrogen and oxygen atoms in total. The van der Waals surface area contributed by atoms with Crippen LogP contribution in [0, 0.1) is 12.8 Å². The van der Waals surface area contributed by atoms with E-state index in [0.29, 0.717) is 12.5 Å². The Morgan fingerprint density at radius 3 is 2.46 bits per heavy atom. The van der Waals surface area contributed by atoms with E-state index < -0.39 is 6.43 Å². The Balaban J connectivity index is 1.43. The van der Waals surface area contributed by atoms with E-state index in [0.717, 1.165) is 43.8 Å². The van der Waals surface area contributed by atoms with Gasteiger partial charge in [-0.2, -0.15) is 0 Å². The van der Waals surface area contributed by atoms with Crippen LogP contribution in [-0.4, -0.2) is 31.0 Å². The molecule has 0 saturated carbocycles. The van der Waals surface area contributed by atoms with E-state index in [-0.39, 0.29) is 6.42 Å². The predicted molar refractivity (Wildman–Crippen MR) is 142 cm³/mol. The number of nitrogens with zero attached hydrogens (tertiary/aromatic N) is 1. The molecule has 3 aromatic carbocycles. The van der Waals surface area contributed by atoms with Crippen LogP contribution in [0.5, 0.6) is 0 Å². The van der Waals surface area contributed by atoms with Gasteiger partial charge in [0.15, 0.2) is 0 Å². The third-order valence-corrected chi connectivity index (χ3v) is 7.67. The van der Waals surface area contributed by atoms with Crippen LogP contribution in [0.3, 0.4) is 0 Å². The number of benzene rings is 3. The zero-order chi connectivity index (χ0) is 24.4. The second-order valence-corrected chi connectivity index (χ2v) is 10.5. The zero-order valence-corrected chi connectivity index (χ0v) is 21.0. The number of halogens is 3. The summed E-state index contributed by atoms with van der Waals surface area (Å²) in [5.41, 5.74) is 10.5. The summed E-state index contributed by atoms with van der Waals surface area (Å²) in [6.45, 7) is 4.50. The average molecular weight is 492 g/mol. The van der Waals surface area contributed by atoms with Gasteiger partial charge in [-0.3, -0.25) is 0 Å². The summed E-state index contributed by atoms with van der Waals surface area (Å²) < 4.78 is 24.9. The summed E-state index contributed by atoms with van der Waals surface area (Å²) in [7, 11) is 0. The topological polar surface area (TPSA) is 3.24 Å². The van der Waals surface area contributed by atoms with Gasteiger partial charge in [0.25, 0.3) is 0 Å². The minimum absolute atomic E-state index is 0.0204. The molecule has 1 heterocycles. The molecular weight excluding hydrogens is 460 g/mol. The van der Waals surface area contributed by atoms with Gasteiger partial charge in [-0.05, 0) is 95.2 Å². The molecule has 1 aliphatic heterocycles. The maximum absolute atomic E-state index is 12.4. The molecule has 5 rings (SSSR count). The van der Waals surface area contributed by atoms with Crippen molar-refractivity contribution in [2.24, 2.45) is 5.92 Å². The Labute approximate surface area is 212 Å². The third kappa shape index (κ3) is 5.52. The maximum Gasteiger partial charge on any atom is 0.239 e. The van der Waals surface area contributed by atoms with Gasteiger partial charge in [0.05, 0.1) is 0 Å². The first-order valence-corrected chi connectivity index (χ1v) is 13.0. The van der Waals surface area contributed by atoms with Crippen LogP contribution in [-0.2, 0) is 12.8 Å². The number of alkyl halides is 2. The Bertz CT molecular complexity index is 1210. The fraction of sp³-hybridized carbons (Fsp3) is 0.355. The standard InChI is InChI=1S/C31H32ClF2N/c1-21-17-26(32)13-14-27(21)29-8-4-6-24-5-2-3-7-28(24)31(29)25-11-9-22(10-12-25)18-23-19-35(20-23)16-15-30(33)34/h2-3,5,7,9-14,17,23,30H,4,6,8,15-16,18-20H2,1H3. The fourth-order valence-corrected chi connectivity index (χ4v) is 5.93. The number of fused-ring (bicyclic) bond motifs is 1. The molecule has 2 aliphatic rings. The van der Waals surface area contributed by atoms with Crippen LogP contribution < -0.4 is 0 Å². The van der Waals surface area contributed by atoms with E-state index >= 15 is 0 Å². The van der Waals surface area contributed by atoms with Gasteiger partial charge in [0.2, 0.25) is 6.43 Å². The molecule has 3 aromatic rings. The quantitative estimate of drug-likeness (QED) is 0.323. The molecule has 0 spiro atoms. The SMILES string of the molecule is Cc1cc(Cl)ccc1C1=C(c2ccc(CC3CN(CCC(F)F)C3)cc2)c2ccccc2CCC1. The molecule has 1 aliphatic carbocycles. The van der Waals surface area contributed by atoms with Crippen molar-refractivity contribution < 1.29 is 8.78 Å². The summed E-state index contributed by atoms with van der Waals surface area (Å²) in [5.74, 6) is 0.559. The van der Waals surface area contributed by atoms with E-state index in [4.69, 9.17) is 11.6 Å². The van der Waals surface area contributed by atoms with Crippen molar-refractivity contribution in [3.63, 3.8) is 0 Å². The molecule has 0 radical (unpaired) electrons. The molecule has 0 atom stereocenters. The summed E-state index contributed by atoms with van der Waals surface area (Å²) >= 11 is 6.29. The highest BCUT2D eigenvalue weighted by atomic mass is 35.5. The summed E-state index contributed by atoms with van der Waals surface area (Å²) in [4.78, 5) is 2.14. The van der Waals surface area contributed by atoms with Crippen molar-refractivity contribution in [2.45, 2.75) is 45.5 Å². The Morgan fingerprint density at radius 1 is 0.943 bits per heavy atom. The van der Waals surface area contributed by atoms with Crippen LogP contribution in [0.15, 0.2) is 66.7 Å². The molecule has 1 saturated heterocycles. The Kier molecular flexibility index (Phi) is 7.36. The molecular formula is C31H32ClF2N. The molecule has 0 bridgehead atoms. The van der Waals surface area contributed by atoms with E-state index in [1.807, 2.05) is 6.07 Å². The lowest BCUT2D eigenvalue weighted by atomic mass is 9.85. The average Bonchev–Trinajstić information content (AvgIpc) is 3.00. The molecule has 4 heteroatoms. The number of likely N-dealkylation sites (tertiary alicyclic amines) is 1. The third-order valence-electron chi connectivity index (χ3n) is 7.44. The van der Waals surface area contributed by atoms with Crippen LogP contribution in [0.4, 0.5) is 8.78 Å². The second-order valence-electron chi connectivity index (χ2n) is 10.0. The monoisotopic (exact) mass is 491 g/mol. The fourth-order valence-electron chi connectivity index (χ4n) is 5.70. The summed E-state index contributed by atoms with van der Waals surface area (Å²) in [5, 5.41) is 0.774. The molecule has 0 N–H and O–H groups in total. The first-order chi connectivity index (χ1) is 17.0. The van der Waals surface area contributed by atoms with Gasteiger partial charge in [-0.1, -0.05) is 66.2 Å². The highest BCUT2D eigenvalue weighted by molar-refractivity contribution is 6.30. The first kappa shape index (κ1) is 24.2. The molecule has 0 amide bonds. The number of hydrogen-bond donors (Lipinski definition) is 0. The first-order valence-electron chi connectivity index (χ1n) is 12.7. The lowest BCUT2D eigenvalue weighted by Crippen LogP contribution is -2.48. The van der Waals surface area contributed by atoms with Gasteiger partial charge in [-0.15, -0.1) is 0 Å². The van der Waals surface area contributed by atoms with Crippen molar-refractivity contribution >= 4 is 22.7 Å². The van der Waals surface area contributed by atoms with Crippen LogP contribution in [0.25, 0.3) is 11.1 Å². The highest BCUT2D eigenvalue weighted by Gasteiger charge is 2.27. The Hall–Kier alpha value is -2.49. The van der Waals surface area contributed by atoms with E-state index in [1.54, 1.807) is 0 Å². The van der Waals surface area contributed by atoms with Gasteiger partial charge >= 0.3 is 0 Å². The lowest BCUT2D eigenvalue weighted by Gasteiger charge is -2.39. The van der Waals surface area contributed by atoms with Crippen molar-refractivity contribution in [3.8, 4) is 0 Å². The van der Waals surface area contributed by atoms with E-state index in [1.165, 1.54) is 44.5 Å². The summed E-state index contributed by atoms with van der Waals surface area (Å²) in [6.07, 6.45) is 2.02. The van der Waals surface area contributed by atoms with Crippen molar-refractivity contribution in [1.29, 1.82) is 0 Å². The summed E-state index contributed by atoms with van der Waals surface area (Å²) in [6, 6.07) is 24.1. The van der Waals surface area contributed by atoms with Crippen molar-refractivity contribution in [3.05, 3.63) is 105 Å². The maximum atomic E-state index is 12.4. The molecule has 0 unspecified atom stereocenters. The molecule has 182 valence electrons. The van der Waals surface area contributed by atoms with Gasteiger partial charge in [0.1, 0.15) is 0 Å². The number of rotatable bonds is 7. The van der Waals surface area contributed by atoms with E-state index in [2.05, 4.69) is 72.5 Å². The molecule has 35 heavy (non-hydrogen) atoms. The van der Waals surface area contributed by atoms with Crippen molar-refractivity contribution in [2.75, 3.05) is 19.6 Å². The number of allylic oxidation sites excluding steroid dienone is 1. The normalized spacial score (nSPS) is 16.8. The smallest absolute Gasteiger partial charge is 0.239 e. The molecule has 0 aromatic heterocycles. The van der Waals surface area contributed by atoms with Crippen LogP contribution >= 0.6 is 11.6 Å². The Morgan fingerprint density at radius 2 is 1.71 bits per heavy atom. The minimum atomic E-state index is -2.20. The highest BCUT2D eigenvalue weighted by Crippen LogP contribution is 2.41. The minimum Gasteiger partial charge on any atom is -0.302 e. The second kappa shape index (κ2) is 10.6.